The molecule has 5 nitrogen and oxygen atoms in total. The van der Waals surface area contributed by atoms with Crippen molar-refractivity contribution in [2.75, 3.05) is 0 Å². The predicted molar refractivity (Wildman–Crippen MR) is 97.7 cm³/mol. The summed E-state index contributed by atoms with van der Waals surface area (Å²) >= 11 is 0. The largest absolute Gasteiger partial charge is 0.336 e. The Kier molecular flexibility index (Phi) is 4.93. The van der Waals surface area contributed by atoms with E-state index in [9.17, 15) is 12.8 Å². The quantitative estimate of drug-likeness (QED) is 0.747. The Morgan fingerprint density at radius 2 is 1.92 bits per heavy atom. The molecule has 0 bridgehead atoms. The monoisotopic (exact) mass is 373 g/mol. The number of hydrogen-bond donors (Lipinski definition) is 1. The zero-order chi connectivity index (χ0) is 18.9. The zero-order valence-electron chi connectivity index (χ0n) is 14.8. The minimum Gasteiger partial charge on any atom is -0.336 e. The molecule has 1 unspecified atom stereocenters. The Hall–Kier alpha value is -2.51. The van der Waals surface area contributed by atoms with E-state index < -0.39 is 21.9 Å². The van der Waals surface area contributed by atoms with Gasteiger partial charge in [0.05, 0.1) is 4.90 Å². The van der Waals surface area contributed by atoms with Gasteiger partial charge in [-0.1, -0.05) is 24.3 Å². The van der Waals surface area contributed by atoms with E-state index in [1.807, 2.05) is 13.0 Å². The maximum atomic E-state index is 13.7. The summed E-state index contributed by atoms with van der Waals surface area (Å²) in [6, 6.07) is 10.3. The molecular formula is C19H20FN3O2S. The second kappa shape index (κ2) is 7.01. The van der Waals surface area contributed by atoms with Crippen molar-refractivity contribution in [1.29, 1.82) is 0 Å². The molecule has 0 amide bonds. The number of nitrogens with zero attached hydrogens (tertiary/aromatic N) is 2. The highest BCUT2D eigenvalue weighted by Crippen LogP contribution is 2.25. The van der Waals surface area contributed by atoms with Crippen LogP contribution in [0.4, 0.5) is 4.39 Å². The van der Waals surface area contributed by atoms with Gasteiger partial charge in [-0.3, -0.25) is 0 Å². The van der Waals surface area contributed by atoms with Gasteiger partial charge in [-0.15, -0.1) is 0 Å². The second-order valence-electron chi connectivity index (χ2n) is 6.27. The number of sulfonamides is 1. The van der Waals surface area contributed by atoms with Crippen molar-refractivity contribution in [1.82, 2.24) is 14.3 Å². The van der Waals surface area contributed by atoms with Crippen molar-refractivity contribution in [2.45, 2.75) is 24.8 Å². The first-order chi connectivity index (χ1) is 12.3. The lowest BCUT2D eigenvalue weighted by Crippen LogP contribution is -2.31. The van der Waals surface area contributed by atoms with Gasteiger partial charge in [0.2, 0.25) is 10.0 Å². The fraction of sp³-hybridized carbons (Fsp3) is 0.211. The molecule has 3 rings (SSSR count). The number of aromatic nitrogens is 2. The maximum absolute atomic E-state index is 13.7. The van der Waals surface area contributed by atoms with Crippen LogP contribution in [0.25, 0.3) is 0 Å². The van der Waals surface area contributed by atoms with Crippen LogP contribution in [-0.2, 0) is 17.1 Å². The minimum absolute atomic E-state index is 0.202. The molecule has 0 saturated heterocycles. The molecule has 0 fully saturated rings. The topological polar surface area (TPSA) is 64.0 Å². The lowest BCUT2D eigenvalue weighted by Gasteiger charge is -2.20. The Morgan fingerprint density at radius 1 is 1.15 bits per heavy atom. The van der Waals surface area contributed by atoms with Crippen LogP contribution >= 0.6 is 0 Å². The third-order valence-corrected chi connectivity index (χ3v) is 5.77. The van der Waals surface area contributed by atoms with Crippen molar-refractivity contribution in [3.05, 3.63) is 83.2 Å². The van der Waals surface area contributed by atoms with E-state index in [4.69, 9.17) is 0 Å². The first-order valence-electron chi connectivity index (χ1n) is 8.10. The standard InChI is InChI=1S/C19H20FN3O2S/c1-13-7-8-14(2)17(11-13)26(24,25)22-18(19-21-9-10-23(19)3)15-5-4-6-16(20)12-15/h4-12,18,22H,1-3H3. The first-order valence-corrected chi connectivity index (χ1v) is 9.58. The van der Waals surface area contributed by atoms with E-state index in [1.54, 1.807) is 55.2 Å². The van der Waals surface area contributed by atoms with Gasteiger partial charge in [0.25, 0.3) is 0 Å². The molecule has 0 aliphatic carbocycles. The molecule has 0 spiro atoms. The average molecular weight is 373 g/mol. The summed E-state index contributed by atoms with van der Waals surface area (Å²) in [6.45, 7) is 3.58. The van der Waals surface area contributed by atoms with Gasteiger partial charge in [-0.25, -0.2) is 17.8 Å². The number of benzene rings is 2. The van der Waals surface area contributed by atoms with Gasteiger partial charge in [0, 0.05) is 19.4 Å². The highest BCUT2D eigenvalue weighted by Gasteiger charge is 2.27. The van der Waals surface area contributed by atoms with Crippen LogP contribution in [0.3, 0.4) is 0 Å². The summed E-state index contributed by atoms with van der Waals surface area (Å²) in [5, 5.41) is 0. The predicted octanol–water partition coefficient (Wildman–Crippen LogP) is 3.24. The van der Waals surface area contributed by atoms with Crippen molar-refractivity contribution < 1.29 is 12.8 Å². The molecule has 0 radical (unpaired) electrons. The van der Waals surface area contributed by atoms with E-state index in [-0.39, 0.29) is 4.90 Å². The molecule has 0 saturated carbocycles. The van der Waals surface area contributed by atoms with Crippen LogP contribution in [0.1, 0.15) is 28.6 Å². The Labute approximate surface area is 152 Å². The molecule has 1 aromatic heterocycles. The van der Waals surface area contributed by atoms with Crippen LogP contribution in [0.15, 0.2) is 59.8 Å². The molecule has 26 heavy (non-hydrogen) atoms. The number of rotatable bonds is 5. The first kappa shape index (κ1) is 18.3. The van der Waals surface area contributed by atoms with E-state index in [0.29, 0.717) is 17.0 Å². The van der Waals surface area contributed by atoms with E-state index in [2.05, 4.69) is 9.71 Å². The Balaban J connectivity index is 2.09. The second-order valence-corrected chi connectivity index (χ2v) is 7.96. The van der Waals surface area contributed by atoms with Crippen LogP contribution < -0.4 is 4.72 Å². The summed E-state index contributed by atoms with van der Waals surface area (Å²) in [5.41, 5.74) is 1.96. The lowest BCUT2D eigenvalue weighted by molar-refractivity contribution is 0.559. The third-order valence-electron chi connectivity index (χ3n) is 4.20. The van der Waals surface area contributed by atoms with E-state index >= 15 is 0 Å². The molecule has 136 valence electrons. The fourth-order valence-corrected chi connectivity index (χ4v) is 4.34. The van der Waals surface area contributed by atoms with Crippen LogP contribution in [0.2, 0.25) is 0 Å². The number of aryl methyl sites for hydroxylation is 3. The molecule has 0 aliphatic rings. The highest BCUT2D eigenvalue weighted by atomic mass is 32.2. The Morgan fingerprint density at radius 3 is 2.58 bits per heavy atom. The van der Waals surface area contributed by atoms with Gasteiger partial charge in [-0.2, -0.15) is 4.72 Å². The normalized spacial score (nSPS) is 12.9. The number of halogens is 1. The zero-order valence-corrected chi connectivity index (χ0v) is 15.6. The maximum Gasteiger partial charge on any atom is 0.241 e. The molecule has 0 aliphatic heterocycles. The molecule has 3 aromatic rings. The molecular weight excluding hydrogens is 353 g/mol. The number of imidazole rings is 1. The van der Waals surface area contributed by atoms with Crippen LogP contribution in [0, 0.1) is 19.7 Å². The van der Waals surface area contributed by atoms with Gasteiger partial charge < -0.3 is 4.57 Å². The molecule has 1 heterocycles. The van der Waals surface area contributed by atoms with Gasteiger partial charge in [0.1, 0.15) is 17.7 Å². The Bertz CT molecular complexity index is 1040. The summed E-state index contributed by atoms with van der Waals surface area (Å²) in [4.78, 5) is 4.46. The van der Waals surface area contributed by atoms with Gasteiger partial charge in [0.15, 0.2) is 0 Å². The molecule has 1 atom stereocenters. The minimum atomic E-state index is -3.84. The lowest BCUT2D eigenvalue weighted by atomic mass is 10.1. The molecule has 2 aromatic carbocycles. The summed E-state index contributed by atoms with van der Waals surface area (Å²) in [5.74, 6) is 0.0390. The number of hydrogen-bond acceptors (Lipinski definition) is 3. The van der Waals surface area contributed by atoms with Crippen LogP contribution in [-0.4, -0.2) is 18.0 Å². The highest BCUT2D eigenvalue weighted by molar-refractivity contribution is 7.89. The van der Waals surface area contributed by atoms with Crippen molar-refractivity contribution in [3.63, 3.8) is 0 Å². The number of nitrogens with one attached hydrogen (secondary N) is 1. The third kappa shape index (κ3) is 3.68. The van der Waals surface area contributed by atoms with Crippen molar-refractivity contribution in [3.8, 4) is 0 Å². The SMILES string of the molecule is Cc1ccc(C)c(S(=O)(=O)NC(c2cccc(F)c2)c2nccn2C)c1. The molecule has 1 N–H and O–H groups in total. The van der Waals surface area contributed by atoms with Crippen molar-refractivity contribution >= 4 is 10.0 Å². The molecule has 7 heteroatoms. The van der Waals surface area contributed by atoms with E-state index in [1.165, 1.54) is 12.1 Å². The fourth-order valence-electron chi connectivity index (χ4n) is 2.83. The van der Waals surface area contributed by atoms with Gasteiger partial charge >= 0.3 is 0 Å². The van der Waals surface area contributed by atoms with Gasteiger partial charge in [-0.05, 0) is 48.7 Å². The smallest absolute Gasteiger partial charge is 0.241 e. The average Bonchev–Trinajstić information content (AvgIpc) is 3.00. The summed E-state index contributed by atoms with van der Waals surface area (Å²) < 4.78 is 44.2. The summed E-state index contributed by atoms with van der Waals surface area (Å²) in [7, 11) is -2.08. The van der Waals surface area contributed by atoms with Crippen molar-refractivity contribution in [2.24, 2.45) is 7.05 Å². The van der Waals surface area contributed by atoms with Crippen LogP contribution in [0.5, 0.6) is 0 Å². The summed E-state index contributed by atoms with van der Waals surface area (Å²) in [6.07, 6.45) is 3.29. The van der Waals surface area contributed by atoms with E-state index in [0.717, 1.165) is 5.56 Å².